The first kappa shape index (κ1) is 13.3. The summed E-state index contributed by atoms with van der Waals surface area (Å²) in [5.74, 6) is 0. The van der Waals surface area contributed by atoms with Crippen molar-refractivity contribution in [1.82, 2.24) is 9.97 Å². The molecule has 1 N–H and O–H groups in total. The summed E-state index contributed by atoms with van der Waals surface area (Å²) in [5.41, 5.74) is 1.70. The molecule has 2 heterocycles. The summed E-state index contributed by atoms with van der Waals surface area (Å²) < 4.78 is 2.13. The average molecular weight is 352 g/mol. The van der Waals surface area contributed by atoms with Crippen LogP contribution in [0.4, 0.5) is 10.3 Å². The Bertz CT molecular complexity index is 928. The highest BCUT2D eigenvalue weighted by Gasteiger charge is 2.11. The molecule has 104 valence electrons. The number of para-hydroxylation sites is 1. The van der Waals surface area contributed by atoms with Crippen molar-refractivity contribution in [2.24, 2.45) is 0 Å². The third kappa shape index (κ3) is 2.36. The van der Waals surface area contributed by atoms with E-state index in [0.29, 0.717) is 10.0 Å². The highest BCUT2D eigenvalue weighted by Crippen LogP contribution is 2.37. The van der Waals surface area contributed by atoms with E-state index < -0.39 is 0 Å². The fourth-order valence-corrected chi connectivity index (χ4v) is 4.23. The van der Waals surface area contributed by atoms with Gasteiger partial charge in [0.15, 0.2) is 10.3 Å². The van der Waals surface area contributed by atoms with Crippen molar-refractivity contribution in [3.8, 4) is 0 Å². The fourth-order valence-electron chi connectivity index (χ4n) is 2.01. The van der Waals surface area contributed by atoms with Crippen LogP contribution in [0, 0.1) is 0 Å². The number of thiazole rings is 2. The monoisotopic (exact) mass is 351 g/mol. The van der Waals surface area contributed by atoms with Crippen molar-refractivity contribution < 1.29 is 0 Å². The lowest BCUT2D eigenvalue weighted by Crippen LogP contribution is -1.87. The molecule has 7 heteroatoms. The van der Waals surface area contributed by atoms with Gasteiger partial charge in [0, 0.05) is 0 Å². The lowest BCUT2D eigenvalue weighted by atomic mass is 10.3. The Balaban J connectivity index is 1.75. The first-order chi connectivity index (χ1) is 10.2. The molecule has 4 rings (SSSR count). The van der Waals surface area contributed by atoms with Crippen LogP contribution in [-0.2, 0) is 0 Å². The van der Waals surface area contributed by atoms with Gasteiger partial charge in [0.25, 0.3) is 0 Å². The molecule has 0 aliphatic rings. The van der Waals surface area contributed by atoms with Gasteiger partial charge in [0.2, 0.25) is 0 Å². The van der Waals surface area contributed by atoms with Crippen LogP contribution in [0.15, 0.2) is 36.4 Å². The Kier molecular flexibility index (Phi) is 3.23. The van der Waals surface area contributed by atoms with Crippen molar-refractivity contribution in [2.75, 3.05) is 5.32 Å². The van der Waals surface area contributed by atoms with Gasteiger partial charge in [0.1, 0.15) is 5.52 Å². The van der Waals surface area contributed by atoms with Crippen molar-refractivity contribution in [3.63, 3.8) is 0 Å². The zero-order valence-electron chi connectivity index (χ0n) is 10.4. The third-order valence-corrected chi connectivity index (χ3v) is 5.64. The van der Waals surface area contributed by atoms with Crippen LogP contribution in [-0.4, -0.2) is 9.97 Å². The van der Waals surface area contributed by atoms with Crippen LogP contribution in [0.25, 0.3) is 20.4 Å². The minimum Gasteiger partial charge on any atom is -0.307 e. The van der Waals surface area contributed by atoms with E-state index >= 15 is 0 Å². The summed E-state index contributed by atoms with van der Waals surface area (Å²) in [6.45, 7) is 0. The second-order valence-corrected chi connectivity index (χ2v) is 7.19. The Labute approximate surface area is 138 Å². The zero-order valence-corrected chi connectivity index (χ0v) is 13.6. The highest BCUT2D eigenvalue weighted by atomic mass is 35.5. The van der Waals surface area contributed by atoms with Crippen molar-refractivity contribution in [1.29, 1.82) is 0 Å². The smallest absolute Gasteiger partial charge is 0.190 e. The predicted octanol–water partition coefficient (Wildman–Crippen LogP) is 5.96. The van der Waals surface area contributed by atoms with E-state index in [9.17, 15) is 0 Å². The number of nitrogens with zero attached hydrogens (tertiary/aromatic N) is 2. The standard InChI is InChI=1S/C14H7Cl2N3S2/c15-7-5-6-10-12(11(7)16)18-14(21-10)19-13-17-8-3-1-2-4-9(8)20-13/h1-6H,(H,17,18,19). The number of nitrogens with one attached hydrogen (secondary N) is 1. The number of halogens is 2. The molecule has 0 fully saturated rings. The van der Waals surface area contributed by atoms with Gasteiger partial charge >= 0.3 is 0 Å². The van der Waals surface area contributed by atoms with Crippen LogP contribution < -0.4 is 5.32 Å². The van der Waals surface area contributed by atoms with Gasteiger partial charge < -0.3 is 5.32 Å². The second kappa shape index (κ2) is 5.10. The van der Waals surface area contributed by atoms with Crippen LogP contribution >= 0.6 is 45.9 Å². The molecule has 3 nitrogen and oxygen atoms in total. The van der Waals surface area contributed by atoms with E-state index in [4.69, 9.17) is 23.2 Å². The topological polar surface area (TPSA) is 37.8 Å². The largest absolute Gasteiger partial charge is 0.307 e. The molecule has 0 bridgehead atoms. The van der Waals surface area contributed by atoms with E-state index in [2.05, 4.69) is 15.3 Å². The molecule has 2 aromatic heterocycles. The van der Waals surface area contributed by atoms with Crippen molar-refractivity contribution >= 4 is 76.6 Å². The molecule has 0 amide bonds. The Morgan fingerprint density at radius 3 is 2.48 bits per heavy atom. The minimum atomic E-state index is 0.489. The number of fused-ring (bicyclic) bond motifs is 2. The number of benzene rings is 2. The van der Waals surface area contributed by atoms with Gasteiger partial charge in [0.05, 0.1) is 25.0 Å². The molecular formula is C14H7Cl2N3S2. The van der Waals surface area contributed by atoms with Crippen LogP contribution in [0.5, 0.6) is 0 Å². The van der Waals surface area contributed by atoms with Gasteiger partial charge in [-0.15, -0.1) is 0 Å². The summed E-state index contributed by atoms with van der Waals surface area (Å²) in [5, 5.41) is 5.82. The molecule has 0 atom stereocenters. The fraction of sp³-hybridized carbons (Fsp3) is 0. The van der Waals surface area contributed by atoms with Gasteiger partial charge in [-0.25, -0.2) is 9.97 Å². The minimum absolute atomic E-state index is 0.489. The lowest BCUT2D eigenvalue weighted by Gasteiger charge is -1.94. The van der Waals surface area contributed by atoms with Crippen LogP contribution in [0.3, 0.4) is 0 Å². The second-order valence-electron chi connectivity index (χ2n) is 4.34. The quantitative estimate of drug-likeness (QED) is 0.484. The first-order valence-electron chi connectivity index (χ1n) is 6.08. The number of aromatic nitrogens is 2. The SMILES string of the molecule is Clc1ccc2sc(Nc3nc4ccccc4s3)nc2c1Cl. The molecule has 4 aromatic rings. The maximum absolute atomic E-state index is 6.18. The van der Waals surface area contributed by atoms with Crippen molar-refractivity contribution in [3.05, 3.63) is 46.4 Å². The maximum atomic E-state index is 6.18. The number of anilines is 2. The molecule has 0 unspecified atom stereocenters. The summed E-state index contributed by atoms with van der Waals surface area (Å²) >= 11 is 15.3. The molecule has 0 saturated heterocycles. The molecule has 0 aliphatic carbocycles. The first-order valence-corrected chi connectivity index (χ1v) is 8.47. The molecule has 21 heavy (non-hydrogen) atoms. The summed E-state index contributed by atoms with van der Waals surface area (Å²) in [7, 11) is 0. The molecule has 0 saturated carbocycles. The molecular weight excluding hydrogens is 345 g/mol. The van der Waals surface area contributed by atoms with E-state index in [1.807, 2.05) is 30.3 Å². The van der Waals surface area contributed by atoms with Crippen molar-refractivity contribution in [2.45, 2.75) is 0 Å². The number of hydrogen-bond donors (Lipinski definition) is 1. The van der Waals surface area contributed by atoms with E-state index in [-0.39, 0.29) is 0 Å². The summed E-state index contributed by atoms with van der Waals surface area (Å²) in [4.78, 5) is 9.03. The molecule has 0 spiro atoms. The molecule has 0 aliphatic heterocycles. The van der Waals surface area contributed by atoms with Gasteiger partial charge in [-0.1, -0.05) is 58.0 Å². The summed E-state index contributed by atoms with van der Waals surface area (Å²) in [6.07, 6.45) is 0. The Morgan fingerprint density at radius 2 is 1.62 bits per heavy atom. The van der Waals surface area contributed by atoms with E-state index in [1.165, 1.54) is 11.3 Å². The van der Waals surface area contributed by atoms with Gasteiger partial charge in [-0.3, -0.25) is 0 Å². The molecule has 2 aromatic carbocycles. The highest BCUT2D eigenvalue weighted by molar-refractivity contribution is 7.24. The number of rotatable bonds is 2. The van der Waals surface area contributed by atoms with Gasteiger partial charge in [-0.05, 0) is 24.3 Å². The summed E-state index contributed by atoms with van der Waals surface area (Å²) in [6, 6.07) is 11.7. The lowest BCUT2D eigenvalue weighted by molar-refractivity contribution is 1.40. The third-order valence-electron chi connectivity index (χ3n) is 2.96. The van der Waals surface area contributed by atoms with Crippen LogP contribution in [0.1, 0.15) is 0 Å². The van der Waals surface area contributed by atoms with E-state index in [0.717, 1.165) is 30.7 Å². The number of hydrogen-bond acceptors (Lipinski definition) is 5. The zero-order chi connectivity index (χ0) is 14.4. The van der Waals surface area contributed by atoms with Crippen LogP contribution in [0.2, 0.25) is 10.0 Å². The maximum Gasteiger partial charge on any atom is 0.190 e. The Hall–Kier alpha value is -1.40. The van der Waals surface area contributed by atoms with Gasteiger partial charge in [-0.2, -0.15) is 0 Å². The van der Waals surface area contributed by atoms with E-state index in [1.54, 1.807) is 17.4 Å². The predicted molar refractivity (Wildman–Crippen MR) is 92.5 cm³/mol. The average Bonchev–Trinajstić information content (AvgIpc) is 3.06. The molecule has 0 radical (unpaired) electrons. The Morgan fingerprint density at radius 1 is 0.857 bits per heavy atom. The normalized spacial score (nSPS) is 11.3.